The number of anilines is 1. The SMILES string of the molecule is O=C(O)c1ccc(NC(=O)c2ccc(I)c(Cl)c2)c(O)c1. The average Bonchev–Trinajstić information content (AvgIpc) is 2.43. The van der Waals surface area contributed by atoms with Gasteiger partial charge in [-0.15, -0.1) is 0 Å². The van der Waals surface area contributed by atoms with E-state index in [2.05, 4.69) is 5.32 Å². The van der Waals surface area contributed by atoms with Crippen molar-refractivity contribution >= 4 is 51.8 Å². The number of nitrogens with one attached hydrogen (secondary N) is 1. The molecule has 0 aliphatic heterocycles. The van der Waals surface area contributed by atoms with Gasteiger partial charge in [0.15, 0.2) is 0 Å². The second-order valence-corrected chi connectivity index (χ2v) is 5.69. The molecule has 0 radical (unpaired) electrons. The summed E-state index contributed by atoms with van der Waals surface area (Å²) in [6.45, 7) is 0. The summed E-state index contributed by atoms with van der Waals surface area (Å²) in [5.74, 6) is -1.93. The number of phenols is 1. The van der Waals surface area contributed by atoms with E-state index in [0.717, 1.165) is 9.64 Å². The molecule has 0 fully saturated rings. The highest BCUT2D eigenvalue weighted by Gasteiger charge is 2.12. The highest BCUT2D eigenvalue weighted by molar-refractivity contribution is 14.1. The van der Waals surface area contributed by atoms with Gasteiger partial charge in [0.2, 0.25) is 0 Å². The lowest BCUT2D eigenvalue weighted by Crippen LogP contribution is -2.12. The van der Waals surface area contributed by atoms with E-state index >= 15 is 0 Å². The Morgan fingerprint density at radius 3 is 2.33 bits per heavy atom. The molecule has 0 unspecified atom stereocenters. The second-order valence-electron chi connectivity index (χ2n) is 4.12. The molecule has 108 valence electrons. The van der Waals surface area contributed by atoms with E-state index in [1.165, 1.54) is 18.2 Å². The van der Waals surface area contributed by atoms with Crippen LogP contribution in [-0.4, -0.2) is 22.1 Å². The van der Waals surface area contributed by atoms with Gasteiger partial charge in [0.1, 0.15) is 5.75 Å². The van der Waals surface area contributed by atoms with Gasteiger partial charge in [-0.05, 0) is 59.0 Å². The predicted molar refractivity (Wildman–Crippen MR) is 87.2 cm³/mol. The first kappa shape index (κ1) is 15.6. The molecule has 0 aliphatic rings. The van der Waals surface area contributed by atoms with Gasteiger partial charge in [0, 0.05) is 9.13 Å². The van der Waals surface area contributed by atoms with Crippen LogP contribution in [0, 0.1) is 3.57 Å². The predicted octanol–water partition coefficient (Wildman–Crippen LogP) is 3.60. The highest BCUT2D eigenvalue weighted by Crippen LogP contribution is 2.26. The Bertz CT molecular complexity index is 733. The number of carboxylic acid groups (broad SMARTS) is 1. The zero-order valence-corrected chi connectivity index (χ0v) is 13.3. The fourth-order valence-electron chi connectivity index (χ4n) is 1.60. The van der Waals surface area contributed by atoms with Crippen LogP contribution in [0.4, 0.5) is 5.69 Å². The second kappa shape index (κ2) is 6.31. The van der Waals surface area contributed by atoms with Crippen molar-refractivity contribution in [3.63, 3.8) is 0 Å². The summed E-state index contributed by atoms with van der Waals surface area (Å²) in [5, 5.41) is 21.5. The van der Waals surface area contributed by atoms with E-state index in [9.17, 15) is 14.7 Å². The Labute approximate surface area is 138 Å². The summed E-state index contributed by atoms with van der Waals surface area (Å²) >= 11 is 7.99. The summed E-state index contributed by atoms with van der Waals surface area (Å²) in [4.78, 5) is 22.8. The number of carbonyl (C=O) groups excluding carboxylic acids is 1. The third kappa shape index (κ3) is 3.64. The smallest absolute Gasteiger partial charge is 0.335 e. The number of halogens is 2. The number of hydrogen-bond acceptors (Lipinski definition) is 3. The Morgan fingerprint density at radius 2 is 1.76 bits per heavy atom. The first-order valence-electron chi connectivity index (χ1n) is 5.71. The van der Waals surface area contributed by atoms with Crippen molar-refractivity contribution in [2.45, 2.75) is 0 Å². The minimum absolute atomic E-state index is 0.0668. The van der Waals surface area contributed by atoms with Crippen molar-refractivity contribution < 1.29 is 19.8 Å². The molecule has 0 saturated heterocycles. The molecular weight excluding hydrogens is 409 g/mol. The summed E-state index contributed by atoms with van der Waals surface area (Å²) in [5.41, 5.74) is 0.393. The number of amides is 1. The van der Waals surface area contributed by atoms with Crippen LogP contribution in [0.25, 0.3) is 0 Å². The van der Waals surface area contributed by atoms with E-state index in [1.807, 2.05) is 22.6 Å². The zero-order valence-electron chi connectivity index (χ0n) is 10.4. The minimum atomic E-state index is -1.16. The molecule has 2 aromatic carbocycles. The topological polar surface area (TPSA) is 86.6 Å². The van der Waals surface area contributed by atoms with E-state index in [4.69, 9.17) is 16.7 Å². The molecule has 0 heterocycles. The van der Waals surface area contributed by atoms with Crippen LogP contribution in [0.1, 0.15) is 20.7 Å². The van der Waals surface area contributed by atoms with Crippen molar-refractivity contribution in [1.82, 2.24) is 0 Å². The number of phenolic OH excluding ortho intramolecular Hbond substituents is 1. The van der Waals surface area contributed by atoms with Gasteiger partial charge >= 0.3 is 5.97 Å². The molecule has 0 bridgehead atoms. The molecule has 0 aliphatic carbocycles. The Morgan fingerprint density at radius 1 is 1.10 bits per heavy atom. The number of rotatable bonds is 3. The number of carbonyl (C=O) groups is 2. The molecular formula is C14H9ClINO4. The number of aromatic hydroxyl groups is 1. The van der Waals surface area contributed by atoms with Gasteiger partial charge in [-0.25, -0.2) is 4.79 Å². The fourth-order valence-corrected chi connectivity index (χ4v) is 2.12. The summed E-state index contributed by atoms with van der Waals surface area (Å²) in [6, 6.07) is 8.50. The zero-order chi connectivity index (χ0) is 15.6. The summed E-state index contributed by atoms with van der Waals surface area (Å²) < 4.78 is 0.819. The van der Waals surface area contributed by atoms with Gasteiger partial charge in [0.25, 0.3) is 5.91 Å². The molecule has 0 spiro atoms. The first-order chi connectivity index (χ1) is 9.88. The third-order valence-corrected chi connectivity index (χ3v) is 4.25. The lowest BCUT2D eigenvalue weighted by Gasteiger charge is -2.08. The van der Waals surface area contributed by atoms with E-state index < -0.39 is 11.9 Å². The molecule has 21 heavy (non-hydrogen) atoms. The van der Waals surface area contributed by atoms with Crippen molar-refractivity contribution in [3.05, 3.63) is 56.1 Å². The van der Waals surface area contributed by atoms with Crippen LogP contribution in [-0.2, 0) is 0 Å². The fraction of sp³-hybridized carbons (Fsp3) is 0. The van der Waals surface area contributed by atoms with Crippen LogP contribution in [0.15, 0.2) is 36.4 Å². The molecule has 5 nitrogen and oxygen atoms in total. The number of carboxylic acids is 1. The third-order valence-electron chi connectivity index (χ3n) is 2.67. The summed E-state index contributed by atoms with van der Waals surface area (Å²) in [6.07, 6.45) is 0. The van der Waals surface area contributed by atoms with Gasteiger partial charge < -0.3 is 15.5 Å². The largest absolute Gasteiger partial charge is 0.506 e. The van der Waals surface area contributed by atoms with Crippen molar-refractivity contribution in [2.75, 3.05) is 5.32 Å². The van der Waals surface area contributed by atoms with Gasteiger partial charge in [-0.2, -0.15) is 0 Å². The maximum atomic E-state index is 12.0. The molecule has 0 aromatic heterocycles. The van der Waals surface area contributed by atoms with Crippen molar-refractivity contribution in [2.24, 2.45) is 0 Å². The molecule has 3 N–H and O–H groups in total. The van der Waals surface area contributed by atoms with Gasteiger partial charge in [-0.1, -0.05) is 11.6 Å². The highest BCUT2D eigenvalue weighted by atomic mass is 127. The van der Waals surface area contributed by atoms with Crippen molar-refractivity contribution in [1.29, 1.82) is 0 Å². The lowest BCUT2D eigenvalue weighted by molar-refractivity contribution is 0.0696. The molecule has 7 heteroatoms. The van der Waals surface area contributed by atoms with E-state index in [1.54, 1.807) is 12.1 Å². The molecule has 1 amide bonds. The maximum absolute atomic E-state index is 12.0. The maximum Gasteiger partial charge on any atom is 0.335 e. The van der Waals surface area contributed by atoms with Crippen LogP contribution in [0.2, 0.25) is 5.02 Å². The lowest BCUT2D eigenvalue weighted by atomic mass is 10.1. The average molecular weight is 418 g/mol. The number of aromatic carboxylic acids is 1. The van der Waals surface area contributed by atoms with Crippen LogP contribution >= 0.6 is 34.2 Å². The standard InChI is InChI=1S/C14H9ClINO4/c15-9-5-7(1-3-10(9)16)13(19)17-11-4-2-8(14(20)21)6-12(11)18/h1-6,18H,(H,17,19)(H,20,21). The number of hydrogen-bond donors (Lipinski definition) is 3. The normalized spacial score (nSPS) is 10.2. The molecule has 2 aromatic rings. The Balaban J connectivity index is 2.23. The number of benzene rings is 2. The monoisotopic (exact) mass is 417 g/mol. The van der Waals surface area contributed by atoms with Crippen LogP contribution < -0.4 is 5.32 Å². The molecule has 0 saturated carbocycles. The van der Waals surface area contributed by atoms with E-state index in [-0.39, 0.29) is 17.0 Å². The minimum Gasteiger partial charge on any atom is -0.506 e. The molecule has 0 atom stereocenters. The van der Waals surface area contributed by atoms with Gasteiger partial charge in [0.05, 0.1) is 16.3 Å². The Hall–Kier alpha value is -1.80. The first-order valence-corrected chi connectivity index (χ1v) is 7.17. The molecule has 2 rings (SSSR count). The van der Waals surface area contributed by atoms with Gasteiger partial charge in [-0.3, -0.25) is 4.79 Å². The Kier molecular flexibility index (Phi) is 4.69. The quantitative estimate of drug-likeness (QED) is 0.526. The summed E-state index contributed by atoms with van der Waals surface area (Å²) in [7, 11) is 0. The van der Waals surface area contributed by atoms with E-state index in [0.29, 0.717) is 10.6 Å². The van der Waals surface area contributed by atoms with Crippen LogP contribution in [0.5, 0.6) is 5.75 Å². The van der Waals surface area contributed by atoms with Crippen LogP contribution in [0.3, 0.4) is 0 Å². The van der Waals surface area contributed by atoms with Crippen molar-refractivity contribution in [3.8, 4) is 5.75 Å².